The van der Waals surface area contributed by atoms with Crippen LogP contribution in [0, 0.1) is 155 Å². The number of hydrogen-bond donors (Lipinski definition) is 0. The van der Waals surface area contributed by atoms with Crippen LogP contribution in [0.15, 0.2) is 92.1 Å². The summed E-state index contributed by atoms with van der Waals surface area (Å²) in [4.78, 5) is 0. The molecule has 9 nitrogen and oxygen atoms in total. The van der Waals surface area contributed by atoms with Crippen molar-refractivity contribution in [2.75, 3.05) is 5.34 Å². The molecule has 0 radical (unpaired) electrons. The van der Waals surface area contributed by atoms with Gasteiger partial charge in [-0.2, -0.15) is 47.4 Å². The quantitative estimate of drug-likeness (QED) is 0.142. The van der Waals surface area contributed by atoms with E-state index in [-0.39, 0.29) is 286 Å². The summed E-state index contributed by atoms with van der Waals surface area (Å²) < 4.78 is 0. The number of halogens is 8. The smallest absolute Gasteiger partial charge is 1.00 e. The van der Waals surface area contributed by atoms with Crippen molar-refractivity contribution in [2.24, 2.45) is 0 Å². The Morgan fingerprint density at radius 2 is 0.522 bits per heavy atom. The van der Waals surface area contributed by atoms with Gasteiger partial charge in [0, 0.05) is 72.4 Å². The molecule has 2 aliphatic carbocycles. The number of hydrogen-bond acceptors (Lipinski definition) is 9. The first kappa shape index (κ1) is 147. The zero-order valence-corrected chi connectivity index (χ0v) is 80.3. The van der Waals surface area contributed by atoms with Gasteiger partial charge < -0.3 is 144 Å². The fourth-order valence-corrected chi connectivity index (χ4v) is 19.4. The number of alkyl halides is 2. The Balaban J connectivity index is -0.0000000380. The van der Waals surface area contributed by atoms with Crippen LogP contribution in [-0.4, -0.2) is 15.4 Å². The van der Waals surface area contributed by atoms with E-state index in [9.17, 15) is 0 Å². The Morgan fingerprint density at radius 1 is 0.356 bits per heavy atom. The number of nitriles is 9. The predicted octanol–water partition coefficient (Wildman–Crippen LogP) is 3.33. The van der Waals surface area contributed by atoms with E-state index in [1.807, 2.05) is 0 Å². The van der Waals surface area contributed by atoms with Gasteiger partial charge in [0.15, 0.2) is 0 Å². The second kappa shape index (κ2) is 100. The Hall–Kier alpha value is 2.69. The van der Waals surface area contributed by atoms with Gasteiger partial charge in [-0.25, -0.2) is 0 Å². The molecule has 0 atom stereocenters. The standard InChI is InChI=1S/2C20H22P3.9C2H3N.CH2Cl2.8Cu.6HI/c2*1-11-7-13(3)17(14(4)8-11)19-21-20(23-22-19)18-15(5)9-12(2)10-16(18)6;9*1-2-3;2-1-3;;;;;;;;;;;;;;/h2*7-10H,1-6H3;9*1H3;1H2;;;;;;;;;6*1H/q2*-1;;;;;;;;;;;8*+1;;;;;;/p-6. The molecule has 6 rings (SSSR count). The van der Waals surface area contributed by atoms with Gasteiger partial charge in [0.05, 0.1) is 60.0 Å². The maximum absolute atomic E-state index is 7.32. The van der Waals surface area contributed by atoms with E-state index in [1.54, 1.807) is 74.8 Å². The van der Waals surface area contributed by atoms with Gasteiger partial charge in [-0.1, -0.05) is 92.7 Å². The summed E-state index contributed by atoms with van der Waals surface area (Å²) in [6.45, 7) is 39.7. The van der Waals surface area contributed by atoms with Crippen LogP contribution in [0.2, 0.25) is 0 Å². The van der Waals surface area contributed by atoms with E-state index in [4.69, 9.17) is 70.6 Å². The average Bonchev–Trinajstić information content (AvgIpc) is 3.96. The number of benzene rings is 2. The fraction of sp³-hybridized carbons (Fsp3) is 0.373. The first-order valence-electron chi connectivity index (χ1n) is 22.9. The minimum atomic E-state index is 0. The van der Waals surface area contributed by atoms with Crippen LogP contribution in [0.1, 0.15) is 148 Å². The molecule has 0 saturated heterocycles. The monoisotopic (exact) mass is 2430 g/mol. The third kappa shape index (κ3) is 72.0. The molecule has 0 unspecified atom stereocenters. The number of rotatable bonds is 2. The van der Waals surface area contributed by atoms with Crippen molar-refractivity contribution in [3.63, 3.8) is 0 Å². The molecule has 0 fully saturated rings. The molecule has 90 heavy (non-hydrogen) atoms. The van der Waals surface area contributed by atoms with Gasteiger partial charge in [-0.3, -0.25) is 0 Å². The molecule has 2 aromatic carbocycles. The van der Waals surface area contributed by atoms with Crippen LogP contribution in [0.4, 0.5) is 0 Å². The average molecular weight is 2430 g/mol. The Labute approximate surface area is 750 Å². The van der Waals surface area contributed by atoms with Crippen molar-refractivity contribution >= 4 is 81.2 Å². The predicted molar refractivity (Wildman–Crippen MR) is 336 cm³/mol. The molecule has 528 valence electrons. The van der Waals surface area contributed by atoms with E-state index in [0.717, 1.165) is 0 Å². The Morgan fingerprint density at radius 3 is 0.678 bits per heavy atom. The fourth-order valence-electron chi connectivity index (χ4n) is 7.03. The third-order valence-corrected chi connectivity index (χ3v) is 19.4. The molecule has 0 spiro atoms. The summed E-state index contributed by atoms with van der Waals surface area (Å²) in [6.07, 6.45) is 9.27. The molecule has 31 heteroatoms. The second-order valence-corrected chi connectivity index (χ2v) is 24.6. The minimum Gasteiger partial charge on any atom is -1.00 e. The van der Waals surface area contributed by atoms with Gasteiger partial charge >= 0.3 is 137 Å². The normalized spacial score (nSPS) is 12.6. The summed E-state index contributed by atoms with van der Waals surface area (Å²) >= 11 is 9.53. The first-order valence-corrected chi connectivity index (χ1v) is 30.7. The van der Waals surface area contributed by atoms with Crippen LogP contribution < -0.4 is 144 Å². The van der Waals surface area contributed by atoms with E-state index in [0.29, 0.717) is 0 Å². The number of nitrogens with zero attached hydrogens (tertiary/aromatic N) is 9. The summed E-state index contributed by atoms with van der Waals surface area (Å²) in [7, 11) is 8.62. The molecule has 4 aliphatic rings. The van der Waals surface area contributed by atoms with Crippen molar-refractivity contribution in [3.8, 4) is 54.6 Å². The Kier molecular flexibility index (Phi) is 164. The Bertz CT molecular complexity index is 2600. The molecule has 0 N–H and O–H groups in total. The van der Waals surface area contributed by atoms with Gasteiger partial charge in [-0.15, -0.1) is 109 Å². The van der Waals surface area contributed by atoms with Crippen LogP contribution in [0.5, 0.6) is 0 Å². The molecular weight excluding hydrogens is 2360 g/mol. The van der Waals surface area contributed by atoms with E-state index in [1.165, 1.54) is 200 Å². The van der Waals surface area contributed by atoms with Crippen molar-refractivity contribution in [3.05, 3.63) is 148 Å². The first-order chi connectivity index (χ1) is 35.9. The van der Waals surface area contributed by atoms with Crippen LogP contribution in [0.3, 0.4) is 0 Å². The maximum atomic E-state index is 7.32. The van der Waals surface area contributed by atoms with Crippen LogP contribution in [-0.2, 0) is 137 Å². The largest absolute Gasteiger partial charge is 1.00 e. The zero-order chi connectivity index (χ0) is 60.5. The molecule has 0 saturated carbocycles. The van der Waals surface area contributed by atoms with Gasteiger partial charge in [0.1, 0.15) is 0 Å². The SMILES string of the molecule is CC#N.CC#N.CC#N.CC#N.CC#N.CC#N.CC#N.CC#N.CC#N.CC1=C[C-](C)/C(=C2/P=PC(c3c(C)cc(C)cc3C)=P2)C(C)=C1.CC1=C[C-](C)/C(=C2\P=PC(c3c(C)cc(C)cc3C)=P2)C(C)=C1.ClCCl.[Cu+].[Cu+].[Cu+].[Cu+].[Cu+].[Cu+].[Cu+].[Cu+].[I-].[I-].[I-].[I-].[I-].[I-]. The topological polar surface area (TPSA) is 214 Å². The van der Waals surface area contributed by atoms with Crippen LogP contribution >= 0.6 is 71.1 Å². The number of aryl methyl sites for hydroxylation is 6. The third-order valence-electron chi connectivity index (χ3n) is 8.51. The molecule has 2 aromatic rings. The molecule has 0 bridgehead atoms. The van der Waals surface area contributed by atoms with Gasteiger partial charge in [0.25, 0.3) is 0 Å². The second-order valence-electron chi connectivity index (χ2n) is 15.1. The molecule has 2 aliphatic heterocycles. The van der Waals surface area contributed by atoms with Gasteiger partial charge in [0.2, 0.25) is 0 Å². The van der Waals surface area contributed by atoms with Crippen molar-refractivity contribution in [2.45, 2.75) is 145 Å². The summed E-state index contributed by atoms with van der Waals surface area (Å²) in [5, 5.41) is 72.3. The molecular formula is C59H73Cl2Cu8I6N9P6. The van der Waals surface area contributed by atoms with Crippen molar-refractivity contribution in [1.82, 2.24) is 0 Å². The van der Waals surface area contributed by atoms with E-state index in [2.05, 4.69) is 132 Å². The minimum absolute atomic E-state index is 0. The summed E-state index contributed by atoms with van der Waals surface area (Å²) in [5.41, 5.74) is 19.9. The van der Waals surface area contributed by atoms with E-state index < -0.39 is 0 Å². The number of allylic oxidation sites excluding steroid dienone is 10. The molecule has 2 heterocycles. The van der Waals surface area contributed by atoms with Crippen molar-refractivity contribution < 1.29 is 280 Å². The zero-order valence-electron chi connectivity index (χ0n) is 53.0. The summed E-state index contributed by atoms with van der Waals surface area (Å²) in [6, 6.07) is 25.0. The van der Waals surface area contributed by atoms with E-state index >= 15 is 0 Å². The molecule has 0 amide bonds. The molecule has 0 aromatic heterocycles. The van der Waals surface area contributed by atoms with Crippen LogP contribution in [0.25, 0.3) is 0 Å². The summed E-state index contributed by atoms with van der Waals surface area (Å²) in [5.74, 6) is 2.84. The van der Waals surface area contributed by atoms with Crippen molar-refractivity contribution in [1.29, 1.82) is 47.4 Å². The maximum Gasteiger partial charge on any atom is 1.00 e. The van der Waals surface area contributed by atoms with Gasteiger partial charge in [-0.05, 0) is 101 Å².